The van der Waals surface area contributed by atoms with Crippen LogP contribution >= 0.6 is 23.2 Å². The molecule has 0 heterocycles. The van der Waals surface area contributed by atoms with Gasteiger partial charge in [-0.15, -0.1) is 29.8 Å². The van der Waals surface area contributed by atoms with Crippen LogP contribution in [-0.2, 0) is 0 Å². The second kappa shape index (κ2) is 12.3. The van der Waals surface area contributed by atoms with Crippen molar-refractivity contribution in [2.24, 2.45) is 0 Å². The molecule has 9 heavy (non-hydrogen) atoms. The van der Waals surface area contributed by atoms with Crippen LogP contribution < -0.4 is 17.5 Å². The van der Waals surface area contributed by atoms with E-state index in [1.54, 1.807) is 0 Å². The molecule has 0 N–H and O–H groups in total. The van der Waals surface area contributed by atoms with Gasteiger partial charge >= 0.3 is 23.1 Å². The fourth-order valence-electron chi connectivity index (χ4n) is 0.238. The third kappa shape index (κ3) is 17.7. The molecule has 0 bridgehead atoms. The smallest absolute Gasteiger partial charge is 1.00 e. The summed E-state index contributed by atoms with van der Waals surface area (Å²) in [7, 11) is 0. The van der Waals surface area contributed by atoms with Crippen LogP contribution in [0, 0.1) is 0 Å². The maximum Gasteiger partial charge on any atom is 2.00 e. The summed E-state index contributed by atoms with van der Waals surface area (Å²) in [5, 5.41) is 9.72. The first kappa shape index (κ1) is 16.9. The number of rotatable bonds is 3. The fourth-order valence-corrected chi connectivity index (χ4v) is 0.546. The van der Waals surface area contributed by atoms with Gasteiger partial charge in [0.25, 0.3) is 0 Å². The van der Waals surface area contributed by atoms with E-state index in [1.165, 1.54) is 0 Å². The second-order valence-corrected chi connectivity index (χ2v) is 2.51. The van der Waals surface area contributed by atoms with Crippen LogP contribution in [0.15, 0.2) is 0 Å². The molecule has 0 amide bonds. The van der Waals surface area contributed by atoms with Crippen LogP contribution in [0.5, 0.6) is 0 Å². The SMILES string of the molecule is [Cl-].[Mg+2].[O-]CCCC(Cl)Cl. The van der Waals surface area contributed by atoms with Gasteiger partial charge in [0.15, 0.2) is 0 Å². The molecule has 0 rings (SSSR count). The molecule has 5 heteroatoms. The van der Waals surface area contributed by atoms with E-state index >= 15 is 0 Å². The maximum absolute atomic E-state index is 9.72. The molecule has 0 aliphatic carbocycles. The molecule has 0 radical (unpaired) electrons. The van der Waals surface area contributed by atoms with Gasteiger partial charge in [0.1, 0.15) is 4.84 Å². The third-order valence-corrected chi connectivity index (χ3v) is 1.00. The van der Waals surface area contributed by atoms with E-state index in [4.69, 9.17) is 23.2 Å². The van der Waals surface area contributed by atoms with Gasteiger partial charge < -0.3 is 17.5 Å². The van der Waals surface area contributed by atoms with Gasteiger partial charge in [-0.2, -0.15) is 0 Å². The Hall–Kier alpha value is 1.60. The Kier molecular flexibility index (Phi) is 23.1. The summed E-state index contributed by atoms with van der Waals surface area (Å²) >= 11 is 10.6. The number of hydrogen-bond acceptors (Lipinski definition) is 1. The van der Waals surface area contributed by atoms with E-state index in [9.17, 15) is 5.11 Å². The van der Waals surface area contributed by atoms with Crippen LogP contribution in [0.1, 0.15) is 12.8 Å². The van der Waals surface area contributed by atoms with Gasteiger partial charge in [0.2, 0.25) is 0 Å². The molecule has 0 aromatic rings. The van der Waals surface area contributed by atoms with Crippen molar-refractivity contribution in [3.8, 4) is 0 Å². The summed E-state index contributed by atoms with van der Waals surface area (Å²) in [6.07, 6.45) is 1.20. The Morgan fingerprint density at radius 2 is 1.78 bits per heavy atom. The number of halogens is 3. The number of hydrogen-bond donors (Lipinski definition) is 0. The van der Waals surface area contributed by atoms with Gasteiger partial charge in [-0.3, -0.25) is 0 Å². The van der Waals surface area contributed by atoms with E-state index in [0.717, 1.165) is 0 Å². The summed E-state index contributed by atoms with van der Waals surface area (Å²) in [4.78, 5) is -0.353. The summed E-state index contributed by atoms with van der Waals surface area (Å²) < 4.78 is 0. The minimum atomic E-state index is -0.353. The standard InChI is InChI=1S/C4H7Cl2O.ClH.Mg/c5-4(6)2-1-3-7;;/h4H,1-3H2;1H;/q-1;;+2/p-1. The molecule has 1 nitrogen and oxygen atoms in total. The third-order valence-electron chi connectivity index (χ3n) is 0.567. The Labute approximate surface area is 87.7 Å². The summed E-state index contributed by atoms with van der Waals surface area (Å²) in [6, 6.07) is 0. The Morgan fingerprint density at radius 1 is 1.33 bits per heavy atom. The molecule has 0 saturated carbocycles. The Morgan fingerprint density at radius 3 is 1.89 bits per heavy atom. The van der Waals surface area contributed by atoms with Gasteiger partial charge in [0, 0.05) is 0 Å². The number of alkyl halides is 2. The van der Waals surface area contributed by atoms with Crippen molar-refractivity contribution in [1.29, 1.82) is 0 Å². The van der Waals surface area contributed by atoms with Crippen LogP contribution in [0.2, 0.25) is 0 Å². The molecule has 0 aromatic heterocycles. The van der Waals surface area contributed by atoms with E-state index in [1.807, 2.05) is 0 Å². The Bertz CT molecular complexity index is 44.8. The quantitative estimate of drug-likeness (QED) is 0.368. The predicted octanol–water partition coefficient (Wildman–Crippen LogP) is -2.45. The predicted molar refractivity (Wildman–Crippen MR) is 35.3 cm³/mol. The molecular formula is C4H7Cl3MgO. The first-order valence-corrected chi connectivity index (χ1v) is 3.01. The topological polar surface area (TPSA) is 23.1 Å². The molecule has 0 spiro atoms. The summed E-state index contributed by atoms with van der Waals surface area (Å²) in [5.41, 5.74) is 0. The van der Waals surface area contributed by atoms with Crippen molar-refractivity contribution in [3.63, 3.8) is 0 Å². The van der Waals surface area contributed by atoms with Crippen LogP contribution in [0.25, 0.3) is 0 Å². The largest absolute Gasteiger partial charge is 2.00 e. The average Bonchev–Trinajstić information content (AvgIpc) is 1.61. The summed E-state index contributed by atoms with van der Waals surface area (Å²) in [5.74, 6) is 0. The van der Waals surface area contributed by atoms with E-state index in [2.05, 4.69) is 0 Å². The molecule has 0 atom stereocenters. The Balaban J connectivity index is -0.000000180. The van der Waals surface area contributed by atoms with Crippen molar-refractivity contribution >= 4 is 46.3 Å². The van der Waals surface area contributed by atoms with Gasteiger partial charge in [-0.25, -0.2) is 0 Å². The van der Waals surface area contributed by atoms with Gasteiger partial charge in [0.05, 0.1) is 0 Å². The zero-order chi connectivity index (χ0) is 5.70. The minimum Gasteiger partial charge on any atom is -1.00 e. The molecule has 0 aliphatic rings. The molecular weight excluding hydrogens is 195 g/mol. The van der Waals surface area contributed by atoms with Gasteiger partial charge in [-0.05, 0) is 6.42 Å². The van der Waals surface area contributed by atoms with E-state index < -0.39 is 0 Å². The first-order chi connectivity index (χ1) is 3.27. The van der Waals surface area contributed by atoms with Crippen LogP contribution in [0.4, 0.5) is 0 Å². The van der Waals surface area contributed by atoms with Crippen molar-refractivity contribution in [3.05, 3.63) is 0 Å². The maximum atomic E-state index is 9.72. The van der Waals surface area contributed by atoms with Crippen molar-refractivity contribution in [2.45, 2.75) is 17.7 Å². The molecule has 0 fully saturated rings. The average molecular weight is 202 g/mol. The fraction of sp³-hybridized carbons (Fsp3) is 1.00. The first-order valence-electron chi connectivity index (χ1n) is 2.13. The van der Waals surface area contributed by atoms with Crippen molar-refractivity contribution < 1.29 is 17.5 Å². The van der Waals surface area contributed by atoms with E-state index in [0.29, 0.717) is 12.8 Å². The molecule has 52 valence electrons. The summed E-state index contributed by atoms with van der Waals surface area (Å²) in [6.45, 7) is -0.0735. The monoisotopic (exact) mass is 200 g/mol. The van der Waals surface area contributed by atoms with E-state index in [-0.39, 0.29) is 46.9 Å². The molecule has 0 aromatic carbocycles. The normalized spacial score (nSPS) is 8.00. The zero-order valence-electron chi connectivity index (χ0n) is 4.95. The molecule has 0 aliphatic heterocycles. The van der Waals surface area contributed by atoms with Crippen LogP contribution in [-0.4, -0.2) is 34.5 Å². The molecule has 0 unspecified atom stereocenters. The molecule has 0 saturated heterocycles. The van der Waals surface area contributed by atoms with Gasteiger partial charge in [-0.1, -0.05) is 6.42 Å². The second-order valence-electron chi connectivity index (χ2n) is 1.24. The minimum absolute atomic E-state index is 0. The van der Waals surface area contributed by atoms with Crippen LogP contribution in [0.3, 0.4) is 0 Å². The van der Waals surface area contributed by atoms with Crippen molar-refractivity contribution in [1.82, 2.24) is 0 Å². The van der Waals surface area contributed by atoms with Crippen molar-refractivity contribution in [2.75, 3.05) is 6.61 Å². The zero-order valence-corrected chi connectivity index (χ0v) is 8.63.